The number of rotatable bonds is 4. The van der Waals surface area contributed by atoms with E-state index < -0.39 is 16.4 Å². The lowest BCUT2D eigenvalue weighted by molar-refractivity contribution is -0.137. The molecule has 19 heavy (non-hydrogen) atoms. The molecule has 0 spiro atoms. The van der Waals surface area contributed by atoms with Gasteiger partial charge in [0.15, 0.2) is 9.84 Å². The number of sulfone groups is 1. The summed E-state index contributed by atoms with van der Waals surface area (Å²) in [6.07, 6.45) is 6.36. The maximum atomic E-state index is 11.9. The first-order valence-electron chi connectivity index (χ1n) is 7.12. The molecule has 110 valence electrons. The molecule has 0 aromatic carbocycles. The zero-order valence-corrected chi connectivity index (χ0v) is 12.1. The highest BCUT2D eigenvalue weighted by molar-refractivity contribution is 7.91. The van der Waals surface area contributed by atoms with Crippen LogP contribution in [0.4, 0.5) is 0 Å². The number of nitrogens with zero attached hydrogens (tertiary/aromatic N) is 1. The molecule has 0 radical (unpaired) electrons. The molecule has 1 N–H and O–H groups in total. The monoisotopic (exact) mass is 289 g/mol. The van der Waals surface area contributed by atoms with Crippen LogP contribution in [-0.4, -0.2) is 55.0 Å². The third-order valence-corrected chi connectivity index (χ3v) is 6.03. The number of amides is 1. The molecule has 0 bridgehead atoms. The minimum Gasteiger partial charge on any atom is -0.387 e. The summed E-state index contributed by atoms with van der Waals surface area (Å²) >= 11 is 0. The molecule has 0 aromatic rings. The number of hydrogen-bond donors (Lipinski definition) is 1. The zero-order valence-electron chi connectivity index (χ0n) is 11.3. The van der Waals surface area contributed by atoms with Crippen molar-refractivity contribution >= 4 is 15.7 Å². The number of hydrogen-bond acceptors (Lipinski definition) is 4. The molecule has 1 aliphatic carbocycles. The molecule has 1 saturated heterocycles. The molecule has 1 atom stereocenters. The average Bonchev–Trinajstić information content (AvgIpc) is 2.76. The maximum Gasteiger partial charge on any atom is 0.248 e. The summed E-state index contributed by atoms with van der Waals surface area (Å²) < 4.78 is 23.1. The Morgan fingerprint density at radius 1 is 1.16 bits per heavy atom. The molecule has 2 rings (SSSR count). The first-order valence-corrected chi connectivity index (χ1v) is 8.95. The molecule has 5 nitrogen and oxygen atoms in total. The van der Waals surface area contributed by atoms with Gasteiger partial charge in [0.25, 0.3) is 0 Å². The van der Waals surface area contributed by atoms with Crippen LogP contribution in [-0.2, 0) is 14.6 Å². The van der Waals surface area contributed by atoms with Crippen LogP contribution < -0.4 is 0 Å². The fourth-order valence-electron chi connectivity index (χ4n) is 3.21. The van der Waals surface area contributed by atoms with Crippen LogP contribution in [0.25, 0.3) is 0 Å². The quantitative estimate of drug-likeness (QED) is 0.821. The van der Waals surface area contributed by atoms with E-state index in [1.807, 2.05) is 0 Å². The molecule has 1 saturated carbocycles. The third kappa shape index (κ3) is 3.92. The van der Waals surface area contributed by atoms with Gasteiger partial charge >= 0.3 is 0 Å². The van der Waals surface area contributed by atoms with Crippen LogP contribution in [0.15, 0.2) is 0 Å². The average molecular weight is 289 g/mol. The predicted molar refractivity (Wildman–Crippen MR) is 72.4 cm³/mol. The van der Waals surface area contributed by atoms with E-state index in [1.54, 1.807) is 4.90 Å². The second kappa shape index (κ2) is 6.22. The van der Waals surface area contributed by atoms with Crippen LogP contribution in [0.5, 0.6) is 0 Å². The minimum absolute atomic E-state index is 0.0610. The van der Waals surface area contributed by atoms with E-state index in [0.29, 0.717) is 18.9 Å². The summed E-state index contributed by atoms with van der Waals surface area (Å²) in [5.41, 5.74) is 0. The van der Waals surface area contributed by atoms with Gasteiger partial charge in [0.05, 0.1) is 11.5 Å². The number of aliphatic hydroxyl groups excluding tert-OH is 1. The second-order valence-corrected chi connectivity index (χ2v) is 7.99. The molecule has 1 unspecified atom stereocenters. The van der Waals surface area contributed by atoms with Gasteiger partial charge in [-0.05, 0) is 25.2 Å². The van der Waals surface area contributed by atoms with E-state index in [-0.39, 0.29) is 23.5 Å². The Morgan fingerprint density at radius 3 is 2.37 bits per heavy atom. The van der Waals surface area contributed by atoms with Crippen LogP contribution in [0, 0.1) is 5.92 Å². The lowest BCUT2D eigenvalue weighted by Gasteiger charge is -2.33. The summed E-state index contributed by atoms with van der Waals surface area (Å²) in [4.78, 5) is 13.5. The van der Waals surface area contributed by atoms with Crippen LogP contribution in [0.2, 0.25) is 0 Å². The first-order chi connectivity index (χ1) is 9.02. The molecule has 2 aliphatic rings. The van der Waals surface area contributed by atoms with Gasteiger partial charge < -0.3 is 10.0 Å². The third-order valence-electron chi connectivity index (χ3n) is 4.28. The molecule has 1 amide bonds. The Bertz CT molecular complexity index is 414. The lowest BCUT2D eigenvalue weighted by atomic mass is 9.88. The van der Waals surface area contributed by atoms with Gasteiger partial charge in [-0.2, -0.15) is 0 Å². The van der Waals surface area contributed by atoms with Crippen LogP contribution >= 0.6 is 0 Å². The maximum absolute atomic E-state index is 11.9. The summed E-state index contributed by atoms with van der Waals surface area (Å²) in [5.74, 6) is 0.364. The molecular formula is C13H23NO4S. The molecule has 0 aromatic heterocycles. The molecule has 6 heteroatoms. The normalized spacial score (nSPS) is 27.3. The van der Waals surface area contributed by atoms with Crippen LogP contribution in [0.3, 0.4) is 0 Å². The van der Waals surface area contributed by atoms with Gasteiger partial charge in [-0.1, -0.05) is 19.3 Å². The summed E-state index contributed by atoms with van der Waals surface area (Å²) in [6, 6.07) is -0.230. The van der Waals surface area contributed by atoms with Crippen LogP contribution in [0.1, 0.15) is 38.5 Å². The van der Waals surface area contributed by atoms with Crippen molar-refractivity contribution in [2.24, 2.45) is 5.92 Å². The van der Waals surface area contributed by atoms with Crippen molar-refractivity contribution in [3.05, 3.63) is 0 Å². The number of carbonyl (C=O) groups excluding carboxylic acids is 1. The fourth-order valence-corrected chi connectivity index (χ4v) is 4.95. The van der Waals surface area contributed by atoms with Crippen molar-refractivity contribution in [1.29, 1.82) is 0 Å². The summed E-state index contributed by atoms with van der Waals surface area (Å²) in [5, 5.41) is 9.08. The van der Waals surface area contributed by atoms with E-state index >= 15 is 0 Å². The van der Waals surface area contributed by atoms with E-state index in [4.69, 9.17) is 5.11 Å². The standard InChI is InChI=1S/C13H23NO4S/c15-9-13(16)14(8-11-4-2-1-3-5-11)12-6-7-19(17,18)10-12/h11-12,15H,1-10H2. The van der Waals surface area contributed by atoms with Gasteiger partial charge in [-0.15, -0.1) is 0 Å². The molecule has 2 fully saturated rings. The fraction of sp³-hybridized carbons (Fsp3) is 0.923. The Kier molecular flexibility index (Phi) is 4.84. The zero-order chi connectivity index (χ0) is 13.9. The Labute approximate surface area is 114 Å². The number of aliphatic hydroxyl groups is 1. The Balaban J connectivity index is 2.01. The van der Waals surface area contributed by atoms with E-state index in [9.17, 15) is 13.2 Å². The topological polar surface area (TPSA) is 74.7 Å². The van der Waals surface area contributed by atoms with Crippen molar-refractivity contribution in [2.45, 2.75) is 44.6 Å². The predicted octanol–water partition coefficient (Wildman–Crippen LogP) is 0.575. The molecular weight excluding hydrogens is 266 g/mol. The highest BCUT2D eigenvalue weighted by Gasteiger charge is 2.35. The van der Waals surface area contributed by atoms with Crippen molar-refractivity contribution in [1.82, 2.24) is 4.90 Å². The summed E-state index contributed by atoms with van der Waals surface area (Å²) in [7, 11) is -3.00. The van der Waals surface area contributed by atoms with Crippen molar-refractivity contribution in [3.8, 4) is 0 Å². The lowest BCUT2D eigenvalue weighted by Crippen LogP contribution is -2.45. The Hall–Kier alpha value is -0.620. The first kappa shape index (κ1) is 14.8. The van der Waals surface area contributed by atoms with Gasteiger partial charge in [0.2, 0.25) is 5.91 Å². The van der Waals surface area contributed by atoms with E-state index in [1.165, 1.54) is 19.3 Å². The number of carbonyl (C=O) groups is 1. The van der Waals surface area contributed by atoms with Crippen molar-refractivity contribution < 1.29 is 18.3 Å². The van der Waals surface area contributed by atoms with Crippen molar-refractivity contribution in [3.63, 3.8) is 0 Å². The van der Waals surface area contributed by atoms with E-state index in [0.717, 1.165) is 12.8 Å². The Morgan fingerprint density at radius 2 is 1.84 bits per heavy atom. The SMILES string of the molecule is O=C(CO)N(CC1CCCCC1)C1CCS(=O)(=O)C1. The highest BCUT2D eigenvalue weighted by atomic mass is 32.2. The van der Waals surface area contributed by atoms with Crippen molar-refractivity contribution in [2.75, 3.05) is 24.7 Å². The minimum atomic E-state index is -3.00. The molecule has 1 aliphatic heterocycles. The largest absolute Gasteiger partial charge is 0.387 e. The van der Waals surface area contributed by atoms with Gasteiger partial charge in [0.1, 0.15) is 6.61 Å². The van der Waals surface area contributed by atoms with E-state index in [2.05, 4.69) is 0 Å². The smallest absolute Gasteiger partial charge is 0.248 e. The second-order valence-electron chi connectivity index (χ2n) is 5.77. The van der Waals surface area contributed by atoms with Gasteiger partial charge in [-0.3, -0.25) is 4.79 Å². The highest BCUT2D eigenvalue weighted by Crippen LogP contribution is 2.27. The van der Waals surface area contributed by atoms with Gasteiger partial charge in [0, 0.05) is 12.6 Å². The molecule has 1 heterocycles. The summed E-state index contributed by atoms with van der Waals surface area (Å²) in [6.45, 7) is 0.0862. The van der Waals surface area contributed by atoms with Gasteiger partial charge in [-0.25, -0.2) is 8.42 Å².